The van der Waals surface area contributed by atoms with Crippen LogP contribution in [0.15, 0.2) is 55.4 Å². The summed E-state index contributed by atoms with van der Waals surface area (Å²) in [6.07, 6.45) is 11.2. The summed E-state index contributed by atoms with van der Waals surface area (Å²) in [5.74, 6) is 1.81. The number of fused-ring (bicyclic) bond motifs is 2. The van der Waals surface area contributed by atoms with Gasteiger partial charge in [-0.15, -0.1) is 0 Å². The van der Waals surface area contributed by atoms with Crippen LogP contribution in [0.2, 0.25) is 0 Å². The number of benzene rings is 1. The van der Waals surface area contributed by atoms with Crippen LogP contribution in [0.5, 0.6) is 5.75 Å². The lowest BCUT2D eigenvalue weighted by Gasteiger charge is -2.15. The van der Waals surface area contributed by atoms with Crippen LogP contribution in [-0.4, -0.2) is 30.4 Å². The van der Waals surface area contributed by atoms with Crippen molar-refractivity contribution in [2.75, 3.05) is 11.1 Å². The van der Waals surface area contributed by atoms with Gasteiger partial charge in [0.15, 0.2) is 11.6 Å². The van der Waals surface area contributed by atoms with E-state index in [0.717, 1.165) is 38.8 Å². The van der Waals surface area contributed by atoms with Crippen LogP contribution >= 0.6 is 0 Å². The summed E-state index contributed by atoms with van der Waals surface area (Å²) in [4.78, 5) is 29.8. The highest BCUT2D eigenvalue weighted by Crippen LogP contribution is 2.40. The third kappa shape index (κ3) is 4.68. The first-order valence-corrected chi connectivity index (χ1v) is 12.5. The van der Waals surface area contributed by atoms with Crippen molar-refractivity contribution in [3.63, 3.8) is 0 Å². The molecule has 4 heterocycles. The average Bonchev–Trinajstić information content (AvgIpc) is 3.68. The Kier molecular flexibility index (Phi) is 5.99. The Labute approximate surface area is 219 Å². The van der Waals surface area contributed by atoms with Gasteiger partial charge in [-0.25, -0.2) is 24.7 Å². The number of aryl methyl sites for hydroxylation is 2. The molecule has 5 aromatic rings. The predicted octanol–water partition coefficient (Wildman–Crippen LogP) is 4.65. The molecule has 1 aliphatic carbocycles. The van der Waals surface area contributed by atoms with Crippen molar-refractivity contribution in [3.8, 4) is 5.75 Å². The van der Waals surface area contributed by atoms with Crippen molar-refractivity contribution < 1.29 is 9.53 Å². The topological polar surface area (TPSA) is 132 Å². The third-order valence-electron chi connectivity index (χ3n) is 7.00. The van der Waals surface area contributed by atoms with E-state index in [2.05, 4.69) is 42.8 Å². The van der Waals surface area contributed by atoms with Crippen LogP contribution in [0.1, 0.15) is 46.7 Å². The van der Waals surface area contributed by atoms with Crippen molar-refractivity contribution in [1.82, 2.24) is 29.7 Å². The second-order valence-corrected chi connectivity index (χ2v) is 9.65. The fourth-order valence-corrected chi connectivity index (χ4v) is 4.78. The van der Waals surface area contributed by atoms with E-state index < -0.39 is 6.03 Å². The van der Waals surface area contributed by atoms with Gasteiger partial charge >= 0.3 is 6.03 Å². The number of aromatic nitrogens is 5. The zero-order chi connectivity index (χ0) is 26.2. The number of carbonyl (C=O) groups is 1. The van der Waals surface area contributed by atoms with E-state index in [0.29, 0.717) is 24.0 Å². The molecule has 0 unspecified atom stereocenters. The maximum absolute atomic E-state index is 12.8. The first kappa shape index (κ1) is 23.7. The first-order valence-electron chi connectivity index (χ1n) is 12.5. The molecule has 38 heavy (non-hydrogen) atoms. The number of anilines is 2. The van der Waals surface area contributed by atoms with E-state index in [4.69, 9.17) is 10.5 Å². The number of nitrogens with two attached hydrogens (primary N) is 1. The molecule has 4 aromatic heterocycles. The summed E-state index contributed by atoms with van der Waals surface area (Å²) in [6.45, 7) is 4.58. The number of ether oxygens (including phenoxy) is 1. The molecule has 0 radical (unpaired) electrons. The number of hydrogen-bond acceptors (Lipinski definition) is 7. The Balaban J connectivity index is 1.12. The van der Waals surface area contributed by atoms with Gasteiger partial charge in [-0.3, -0.25) is 5.32 Å². The first-order chi connectivity index (χ1) is 18.5. The van der Waals surface area contributed by atoms with Gasteiger partial charge in [0.25, 0.3) is 0 Å². The van der Waals surface area contributed by atoms with E-state index in [1.807, 2.05) is 42.6 Å². The lowest BCUT2D eigenvalue weighted by atomic mass is 9.96. The smallest absolute Gasteiger partial charge is 0.320 e. The molecule has 4 N–H and O–H groups in total. The SMILES string of the molecule is Cc1cc2c(N)nccc2c(C)c1CNC(=O)Nc1ncncc1OCc1cn2cc(C3CC3)ccc2n1. The Hall–Kier alpha value is -4.73. The van der Waals surface area contributed by atoms with Crippen LogP contribution in [0.3, 0.4) is 0 Å². The van der Waals surface area contributed by atoms with Gasteiger partial charge in [-0.1, -0.05) is 6.07 Å². The van der Waals surface area contributed by atoms with Crippen LogP contribution in [0, 0.1) is 13.8 Å². The lowest BCUT2D eigenvalue weighted by molar-refractivity contribution is 0.251. The van der Waals surface area contributed by atoms with Crippen molar-refractivity contribution in [1.29, 1.82) is 0 Å². The molecule has 192 valence electrons. The van der Waals surface area contributed by atoms with Gasteiger partial charge < -0.3 is 20.2 Å². The van der Waals surface area contributed by atoms with E-state index in [1.165, 1.54) is 30.9 Å². The highest BCUT2D eigenvalue weighted by Gasteiger charge is 2.23. The minimum absolute atomic E-state index is 0.220. The van der Waals surface area contributed by atoms with Crippen LogP contribution < -0.4 is 21.1 Å². The van der Waals surface area contributed by atoms with Crippen LogP contribution in [0.25, 0.3) is 16.4 Å². The average molecular weight is 509 g/mol. The van der Waals surface area contributed by atoms with Crippen molar-refractivity contribution in [2.24, 2.45) is 0 Å². The van der Waals surface area contributed by atoms with Gasteiger partial charge in [0.2, 0.25) is 0 Å². The van der Waals surface area contributed by atoms with E-state index >= 15 is 0 Å². The zero-order valence-electron chi connectivity index (χ0n) is 21.2. The summed E-state index contributed by atoms with van der Waals surface area (Å²) in [5, 5.41) is 7.62. The Morgan fingerprint density at radius 2 is 2.03 bits per heavy atom. The molecular formula is C28H28N8O2. The van der Waals surface area contributed by atoms with Gasteiger partial charge in [0, 0.05) is 30.5 Å². The maximum Gasteiger partial charge on any atom is 0.320 e. The monoisotopic (exact) mass is 508 g/mol. The minimum Gasteiger partial charge on any atom is -0.482 e. The number of amides is 2. The molecule has 2 amide bonds. The molecule has 1 aliphatic rings. The fourth-order valence-electron chi connectivity index (χ4n) is 4.78. The number of rotatable bonds is 7. The third-order valence-corrected chi connectivity index (χ3v) is 7.00. The molecule has 0 aliphatic heterocycles. The number of imidazole rings is 1. The molecule has 0 saturated heterocycles. The molecule has 1 aromatic carbocycles. The fraction of sp³-hybridized carbons (Fsp3) is 0.250. The number of pyridine rings is 2. The molecule has 1 fully saturated rings. The van der Waals surface area contributed by atoms with Crippen molar-refractivity contribution in [2.45, 2.75) is 45.8 Å². The normalized spacial score (nSPS) is 13.1. The quantitative estimate of drug-likeness (QED) is 0.291. The number of urea groups is 1. The number of hydrogen-bond donors (Lipinski definition) is 3. The lowest BCUT2D eigenvalue weighted by Crippen LogP contribution is -2.29. The molecule has 0 spiro atoms. The molecule has 10 nitrogen and oxygen atoms in total. The molecule has 6 rings (SSSR count). The molecule has 0 atom stereocenters. The Bertz CT molecular complexity index is 1680. The molecular weight excluding hydrogens is 480 g/mol. The highest BCUT2D eigenvalue weighted by molar-refractivity contribution is 5.95. The number of nitrogens with zero attached hydrogens (tertiary/aromatic N) is 5. The maximum atomic E-state index is 12.8. The molecule has 0 bridgehead atoms. The van der Waals surface area contributed by atoms with Gasteiger partial charge in [0.1, 0.15) is 24.4 Å². The number of carbonyl (C=O) groups excluding carboxylic acids is 1. The summed E-state index contributed by atoms with van der Waals surface area (Å²) < 4.78 is 7.97. The van der Waals surface area contributed by atoms with Crippen molar-refractivity contribution >= 4 is 34.1 Å². The predicted molar refractivity (Wildman–Crippen MR) is 145 cm³/mol. The summed E-state index contributed by atoms with van der Waals surface area (Å²) >= 11 is 0. The summed E-state index contributed by atoms with van der Waals surface area (Å²) in [7, 11) is 0. The standard InChI is InChI=1S/C28H28N8O2/c1-16-9-22-21(7-8-31-26(22)29)17(2)23(16)10-32-28(37)35-27-24(11-30-15-33-27)38-14-20-13-36-12-19(18-3-4-18)5-6-25(36)34-20/h5-9,11-13,15,18H,3-4,10,14H2,1-2H3,(H2,29,31)(H2,30,32,33,35,37). The Morgan fingerprint density at radius 1 is 1.16 bits per heavy atom. The number of nitrogen functional groups attached to an aromatic ring is 1. The molecule has 10 heteroatoms. The minimum atomic E-state index is -0.401. The number of nitrogens with one attached hydrogen (secondary N) is 2. The highest BCUT2D eigenvalue weighted by atomic mass is 16.5. The van der Waals surface area contributed by atoms with Gasteiger partial charge in [-0.05, 0) is 78.4 Å². The van der Waals surface area contributed by atoms with Crippen molar-refractivity contribution in [3.05, 3.63) is 83.3 Å². The summed E-state index contributed by atoms with van der Waals surface area (Å²) in [5.41, 5.74) is 12.1. The van der Waals surface area contributed by atoms with E-state index in [1.54, 1.807) is 6.20 Å². The van der Waals surface area contributed by atoms with Crippen LogP contribution in [-0.2, 0) is 13.2 Å². The summed E-state index contributed by atoms with van der Waals surface area (Å²) in [6, 6.07) is 7.71. The van der Waals surface area contributed by atoms with Gasteiger partial charge in [0.05, 0.1) is 11.9 Å². The zero-order valence-corrected chi connectivity index (χ0v) is 21.2. The second-order valence-electron chi connectivity index (χ2n) is 9.65. The Morgan fingerprint density at radius 3 is 2.87 bits per heavy atom. The van der Waals surface area contributed by atoms with E-state index in [-0.39, 0.29) is 12.4 Å². The van der Waals surface area contributed by atoms with E-state index in [9.17, 15) is 4.79 Å². The van der Waals surface area contributed by atoms with Gasteiger partial charge in [-0.2, -0.15) is 0 Å². The van der Waals surface area contributed by atoms with Crippen LogP contribution in [0.4, 0.5) is 16.4 Å². The molecule has 1 saturated carbocycles. The second kappa shape index (κ2) is 9.62. The largest absolute Gasteiger partial charge is 0.482 e.